The molecule has 0 aromatic heterocycles. The minimum atomic E-state index is -0.291. The molecule has 0 saturated heterocycles. The molecule has 0 aliphatic rings. The lowest BCUT2D eigenvalue weighted by molar-refractivity contribution is 0.626. The molecule has 0 bridgehead atoms. The van der Waals surface area contributed by atoms with Crippen LogP contribution in [0.25, 0.3) is 0 Å². The van der Waals surface area contributed by atoms with E-state index in [1.165, 1.54) is 12.1 Å². The highest BCUT2D eigenvalue weighted by atomic mass is 35.5. The summed E-state index contributed by atoms with van der Waals surface area (Å²) in [5.41, 5.74) is 0.930. The molecule has 1 nitrogen and oxygen atoms in total. The lowest BCUT2D eigenvalue weighted by atomic mass is 10.2. The van der Waals surface area contributed by atoms with E-state index < -0.39 is 0 Å². The van der Waals surface area contributed by atoms with Crippen molar-refractivity contribution in [1.82, 2.24) is 5.32 Å². The molecule has 66 valence electrons. The van der Waals surface area contributed by atoms with Crippen LogP contribution in [0.1, 0.15) is 12.5 Å². The SMILES string of the molecule is CCNCc1ccc(F)cc1Cl. The van der Waals surface area contributed by atoms with E-state index in [1.54, 1.807) is 6.07 Å². The molecule has 1 rings (SSSR count). The molecule has 3 heteroatoms. The van der Waals surface area contributed by atoms with Crippen molar-refractivity contribution < 1.29 is 4.39 Å². The van der Waals surface area contributed by atoms with Crippen LogP contribution in [0.4, 0.5) is 4.39 Å². The van der Waals surface area contributed by atoms with E-state index >= 15 is 0 Å². The van der Waals surface area contributed by atoms with Crippen LogP contribution in [0.5, 0.6) is 0 Å². The summed E-state index contributed by atoms with van der Waals surface area (Å²) in [6, 6.07) is 4.44. The van der Waals surface area contributed by atoms with Crippen LogP contribution in [0.3, 0.4) is 0 Å². The lowest BCUT2D eigenvalue weighted by Gasteiger charge is -2.03. The smallest absolute Gasteiger partial charge is 0.124 e. The van der Waals surface area contributed by atoms with Gasteiger partial charge in [-0.25, -0.2) is 4.39 Å². The molecule has 1 aromatic carbocycles. The zero-order chi connectivity index (χ0) is 8.97. The third kappa shape index (κ3) is 2.47. The Morgan fingerprint density at radius 3 is 2.83 bits per heavy atom. The maximum Gasteiger partial charge on any atom is 0.124 e. The summed E-state index contributed by atoms with van der Waals surface area (Å²) in [5, 5.41) is 3.60. The summed E-state index contributed by atoms with van der Waals surface area (Å²) in [6.07, 6.45) is 0. The fourth-order valence-corrected chi connectivity index (χ4v) is 1.16. The van der Waals surface area contributed by atoms with Crippen molar-refractivity contribution in [3.8, 4) is 0 Å². The van der Waals surface area contributed by atoms with Gasteiger partial charge in [0.05, 0.1) is 0 Å². The predicted molar refractivity (Wildman–Crippen MR) is 48.8 cm³/mol. The van der Waals surface area contributed by atoms with Gasteiger partial charge in [0.1, 0.15) is 5.82 Å². The van der Waals surface area contributed by atoms with Crippen LogP contribution in [0.2, 0.25) is 5.02 Å². The largest absolute Gasteiger partial charge is 0.313 e. The fraction of sp³-hybridized carbons (Fsp3) is 0.333. The molecule has 0 amide bonds. The monoisotopic (exact) mass is 187 g/mol. The molecule has 1 N–H and O–H groups in total. The van der Waals surface area contributed by atoms with E-state index in [1.807, 2.05) is 6.92 Å². The van der Waals surface area contributed by atoms with Gasteiger partial charge in [-0.3, -0.25) is 0 Å². The summed E-state index contributed by atoms with van der Waals surface area (Å²) >= 11 is 5.79. The van der Waals surface area contributed by atoms with Gasteiger partial charge in [-0.15, -0.1) is 0 Å². The zero-order valence-corrected chi connectivity index (χ0v) is 7.66. The van der Waals surface area contributed by atoms with Crippen molar-refractivity contribution >= 4 is 11.6 Å². The van der Waals surface area contributed by atoms with Crippen LogP contribution in [0, 0.1) is 5.82 Å². The normalized spacial score (nSPS) is 10.2. The summed E-state index contributed by atoms with van der Waals surface area (Å²) in [5.74, 6) is -0.291. The van der Waals surface area contributed by atoms with Crippen LogP contribution < -0.4 is 5.32 Å². The van der Waals surface area contributed by atoms with Gasteiger partial charge in [0, 0.05) is 11.6 Å². The van der Waals surface area contributed by atoms with Gasteiger partial charge in [-0.2, -0.15) is 0 Å². The minimum Gasteiger partial charge on any atom is -0.313 e. The van der Waals surface area contributed by atoms with E-state index in [0.717, 1.165) is 12.1 Å². The van der Waals surface area contributed by atoms with Crippen molar-refractivity contribution in [3.63, 3.8) is 0 Å². The summed E-state index contributed by atoms with van der Waals surface area (Å²) in [6.45, 7) is 3.58. The molecule has 0 heterocycles. The van der Waals surface area contributed by atoms with E-state index in [0.29, 0.717) is 11.6 Å². The highest BCUT2D eigenvalue weighted by molar-refractivity contribution is 6.31. The molecular formula is C9H11ClFN. The van der Waals surface area contributed by atoms with Crippen LogP contribution in [-0.2, 0) is 6.54 Å². The minimum absolute atomic E-state index is 0.291. The molecule has 0 atom stereocenters. The van der Waals surface area contributed by atoms with Gasteiger partial charge in [0.25, 0.3) is 0 Å². The fourth-order valence-electron chi connectivity index (χ4n) is 0.925. The van der Waals surface area contributed by atoms with Gasteiger partial charge in [-0.05, 0) is 24.2 Å². The molecule has 0 aliphatic heterocycles. The molecule has 1 aromatic rings. The van der Waals surface area contributed by atoms with Crippen molar-refractivity contribution in [2.75, 3.05) is 6.54 Å². The van der Waals surface area contributed by atoms with Gasteiger partial charge in [0.15, 0.2) is 0 Å². The third-order valence-electron chi connectivity index (χ3n) is 1.58. The van der Waals surface area contributed by atoms with Crippen LogP contribution in [0.15, 0.2) is 18.2 Å². The predicted octanol–water partition coefficient (Wildman–Crippen LogP) is 2.59. The van der Waals surface area contributed by atoms with E-state index in [9.17, 15) is 4.39 Å². The first-order valence-electron chi connectivity index (χ1n) is 3.88. The zero-order valence-electron chi connectivity index (χ0n) is 6.90. The Morgan fingerprint density at radius 2 is 2.25 bits per heavy atom. The maximum atomic E-state index is 12.6. The number of hydrogen-bond acceptors (Lipinski definition) is 1. The third-order valence-corrected chi connectivity index (χ3v) is 1.93. The Hall–Kier alpha value is -0.600. The van der Waals surface area contributed by atoms with Gasteiger partial charge < -0.3 is 5.32 Å². The van der Waals surface area contributed by atoms with E-state index in [4.69, 9.17) is 11.6 Å². The summed E-state index contributed by atoms with van der Waals surface area (Å²) in [7, 11) is 0. The van der Waals surface area contributed by atoms with Crippen molar-refractivity contribution in [3.05, 3.63) is 34.6 Å². The van der Waals surface area contributed by atoms with Crippen molar-refractivity contribution in [1.29, 1.82) is 0 Å². The number of nitrogens with one attached hydrogen (secondary N) is 1. The quantitative estimate of drug-likeness (QED) is 0.767. The Bertz CT molecular complexity index is 263. The maximum absolute atomic E-state index is 12.6. The molecule has 0 unspecified atom stereocenters. The molecule has 12 heavy (non-hydrogen) atoms. The standard InChI is InChI=1S/C9H11ClFN/c1-2-12-6-7-3-4-8(11)5-9(7)10/h3-5,12H,2,6H2,1H3. The number of hydrogen-bond donors (Lipinski definition) is 1. The topological polar surface area (TPSA) is 12.0 Å². The molecule has 0 aliphatic carbocycles. The van der Waals surface area contributed by atoms with Crippen LogP contribution in [-0.4, -0.2) is 6.54 Å². The van der Waals surface area contributed by atoms with E-state index in [2.05, 4.69) is 5.32 Å². The highest BCUT2D eigenvalue weighted by Gasteiger charge is 1.99. The number of rotatable bonds is 3. The Morgan fingerprint density at radius 1 is 1.50 bits per heavy atom. The Labute approximate surface area is 76.5 Å². The average molecular weight is 188 g/mol. The Balaban J connectivity index is 2.72. The summed E-state index contributed by atoms with van der Waals surface area (Å²) < 4.78 is 12.6. The first kappa shape index (κ1) is 9.49. The molecule has 0 spiro atoms. The van der Waals surface area contributed by atoms with Gasteiger partial charge >= 0.3 is 0 Å². The summed E-state index contributed by atoms with van der Waals surface area (Å²) in [4.78, 5) is 0. The average Bonchev–Trinajstić information content (AvgIpc) is 2.03. The highest BCUT2D eigenvalue weighted by Crippen LogP contribution is 2.16. The van der Waals surface area contributed by atoms with Gasteiger partial charge in [-0.1, -0.05) is 24.6 Å². The Kier molecular flexibility index (Phi) is 3.50. The van der Waals surface area contributed by atoms with Crippen molar-refractivity contribution in [2.45, 2.75) is 13.5 Å². The van der Waals surface area contributed by atoms with Gasteiger partial charge in [0.2, 0.25) is 0 Å². The lowest BCUT2D eigenvalue weighted by Crippen LogP contribution is -2.11. The number of benzene rings is 1. The first-order valence-corrected chi connectivity index (χ1v) is 4.26. The second kappa shape index (κ2) is 4.43. The second-order valence-corrected chi connectivity index (χ2v) is 2.92. The molecular weight excluding hydrogens is 177 g/mol. The molecule has 0 saturated carbocycles. The van der Waals surface area contributed by atoms with E-state index in [-0.39, 0.29) is 5.82 Å². The van der Waals surface area contributed by atoms with Crippen LogP contribution >= 0.6 is 11.6 Å². The second-order valence-electron chi connectivity index (χ2n) is 2.52. The molecule has 0 fully saturated rings. The first-order chi connectivity index (χ1) is 5.74. The number of halogens is 2. The van der Waals surface area contributed by atoms with Crippen molar-refractivity contribution in [2.24, 2.45) is 0 Å². The molecule has 0 radical (unpaired) electrons.